The number of hydrogen-bond donors (Lipinski definition) is 2. The first-order valence-electron chi connectivity index (χ1n) is 7.71. The minimum Gasteiger partial charge on any atom is -0.385 e. The van der Waals surface area contributed by atoms with Crippen molar-refractivity contribution in [3.63, 3.8) is 0 Å². The highest BCUT2D eigenvalue weighted by molar-refractivity contribution is 5.81. The third kappa shape index (κ3) is 4.07. The minimum atomic E-state index is -0.438. The quantitative estimate of drug-likeness (QED) is 0.662. The Bertz CT molecular complexity index is 369. The monoisotopic (exact) mass is 298 g/mol. The van der Waals surface area contributed by atoms with Crippen molar-refractivity contribution in [2.75, 3.05) is 39.9 Å². The Hall–Kier alpha value is -1.34. The van der Waals surface area contributed by atoms with Gasteiger partial charge in [-0.05, 0) is 25.7 Å². The molecule has 120 valence electrons. The Morgan fingerprint density at radius 3 is 2.71 bits per heavy atom. The van der Waals surface area contributed by atoms with Crippen LogP contribution in [0.1, 0.15) is 25.7 Å². The van der Waals surface area contributed by atoms with E-state index in [9.17, 15) is 9.59 Å². The first-order valence-corrected chi connectivity index (χ1v) is 7.71. The van der Waals surface area contributed by atoms with Crippen molar-refractivity contribution in [3.05, 3.63) is 0 Å². The number of rotatable bonds is 6. The average molecular weight is 298 g/mol. The lowest BCUT2D eigenvalue weighted by molar-refractivity contribution is -0.134. The van der Waals surface area contributed by atoms with Crippen LogP contribution in [0, 0.1) is 0 Å². The van der Waals surface area contributed by atoms with Gasteiger partial charge < -0.3 is 25.6 Å². The average Bonchev–Trinajstić information content (AvgIpc) is 2.93. The van der Waals surface area contributed by atoms with Crippen LogP contribution in [0.4, 0.5) is 4.79 Å². The molecule has 0 spiro atoms. The maximum atomic E-state index is 12.3. The highest BCUT2D eigenvalue weighted by Gasteiger charge is 2.32. The first-order chi connectivity index (χ1) is 10.1. The number of carbonyl (C=O) groups excluding carboxylic acids is 2. The lowest BCUT2D eigenvalue weighted by Gasteiger charge is -2.37. The number of likely N-dealkylation sites (tertiary alicyclic amines) is 1. The van der Waals surface area contributed by atoms with Crippen LogP contribution in [-0.4, -0.2) is 73.7 Å². The number of hydrogen-bond acceptors (Lipinski definition) is 4. The van der Waals surface area contributed by atoms with Gasteiger partial charge in [-0.15, -0.1) is 0 Å². The summed E-state index contributed by atoms with van der Waals surface area (Å²) in [6, 6.07) is -0.163. The van der Waals surface area contributed by atoms with Gasteiger partial charge in [-0.1, -0.05) is 0 Å². The van der Waals surface area contributed by atoms with Crippen molar-refractivity contribution in [1.82, 2.24) is 15.1 Å². The third-order valence-electron chi connectivity index (χ3n) is 4.29. The Labute approximate surface area is 125 Å². The summed E-state index contributed by atoms with van der Waals surface area (Å²) in [7, 11) is 1.65. The van der Waals surface area contributed by atoms with Gasteiger partial charge in [-0.3, -0.25) is 4.79 Å². The van der Waals surface area contributed by atoms with E-state index in [4.69, 9.17) is 10.5 Å². The minimum absolute atomic E-state index is 0.0235. The Kier molecular flexibility index (Phi) is 5.81. The van der Waals surface area contributed by atoms with Crippen molar-refractivity contribution in [2.24, 2.45) is 5.73 Å². The third-order valence-corrected chi connectivity index (χ3v) is 4.29. The number of nitrogens with two attached hydrogens (primary N) is 1. The van der Waals surface area contributed by atoms with Gasteiger partial charge in [0.25, 0.3) is 0 Å². The number of urea groups is 1. The van der Waals surface area contributed by atoms with Gasteiger partial charge in [0.05, 0.1) is 6.04 Å². The molecule has 0 aromatic heterocycles. The van der Waals surface area contributed by atoms with Crippen LogP contribution < -0.4 is 11.1 Å². The zero-order valence-corrected chi connectivity index (χ0v) is 12.7. The highest BCUT2D eigenvalue weighted by atomic mass is 16.5. The second kappa shape index (κ2) is 7.61. The van der Waals surface area contributed by atoms with E-state index < -0.39 is 6.04 Å². The molecule has 2 aliphatic rings. The van der Waals surface area contributed by atoms with Crippen molar-refractivity contribution < 1.29 is 14.3 Å². The summed E-state index contributed by atoms with van der Waals surface area (Å²) in [6.45, 7) is 3.50. The Morgan fingerprint density at radius 2 is 2.14 bits per heavy atom. The van der Waals surface area contributed by atoms with Crippen LogP contribution in [0.2, 0.25) is 0 Å². The molecule has 7 nitrogen and oxygen atoms in total. The van der Waals surface area contributed by atoms with E-state index in [-0.39, 0.29) is 18.0 Å². The van der Waals surface area contributed by atoms with Crippen LogP contribution in [-0.2, 0) is 9.53 Å². The van der Waals surface area contributed by atoms with Gasteiger partial charge >= 0.3 is 6.03 Å². The van der Waals surface area contributed by atoms with Crippen molar-refractivity contribution in [3.8, 4) is 0 Å². The van der Waals surface area contributed by atoms with E-state index in [0.717, 1.165) is 32.4 Å². The standard InChI is InChI=1S/C14H26N4O3/c1-21-10-2-3-12(15)13(19)17-7-4-11(5-8-17)18-9-6-16-14(18)20/h11-12H,2-10,15H2,1H3,(H,16,20). The number of piperidine rings is 1. The number of carbonyl (C=O) groups is 2. The molecule has 3 N–H and O–H groups in total. The summed E-state index contributed by atoms with van der Waals surface area (Å²) in [5.41, 5.74) is 5.95. The van der Waals surface area contributed by atoms with Gasteiger partial charge in [-0.2, -0.15) is 0 Å². The molecular weight excluding hydrogens is 272 g/mol. The van der Waals surface area contributed by atoms with Crippen LogP contribution in [0.5, 0.6) is 0 Å². The molecular formula is C14H26N4O3. The second-order valence-corrected chi connectivity index (χ2v) is 5.72. The zero-order chi connectivity index (χ0) is 15.2. The Balaban J connectivity index is 1.75. The largest absolute Gasteiger partial charge is 0.385 e. The fourth-order valence-corrected chi connectivity index (χ4v) is 3.04. The molecule has 0 bridgehead atoms. The number of nitrogens with zero attached hydrogens (tertiary/aromatic N) is 2. The molecule has 1 unspecified atom stereocenters. The number of ether oxygens (including phenoxy) is 1. The molecule has 2 fully saturated rings. The lowest BCUT2D eigenvalue weighted by atomic mass is 10.0. The molecule has 3 amide bonds. The summed E-state index contributed by atoms with van der Waals surface area (Å²) in [5.74, 6) is 0.0235. The molecule has 0 saturated carbocycles. The molecule has 21 heavy (non-hydrogen) atoms. The molecule has 0 aromatic rings. The molecule has 1 atom stereocenters. The molecule has 2 saturated heterocycles. The maximum absolute atomic E-state index is 12.3. The van der Waals surface area contributed by atoms with E-state index in [1.54, 1.807) is 7.11 Å². The van der Waals surface area contributed by atoms with E-state index in [0.29, 0.717) is 26.1 Å². The summed E-state index contributed by atoms with van der Waals surface area (Å²) < 4.78 is 4.97. The van der Waals surface area contributed by atoms with E-state index in [1.807, 2.05) is 9.80 Å². The Morgan fingerprint density at radius 1 is 1.43 bits per heavy atom. The van der Waals surface area contributed by atoms with Gasteiger partial charge in [0.1, 0.15) is 0 Å². The van der Waals surface area contributed by atoms with Gasteiger partial charge in [0, 0.05) is 45.9 Å². The maximum Gasteiger partial charge on any atom is 0.317 e. The predicted molar refractivity (Wildman–Crippen MR) is 78.8 cm³/mol. The number of methoxy groups -OCH3 is 1. The van der Waals surface area contributed by atoms with Crippen molar-refractivity contribution in [2.45, 2.75) is 37.8 Å². The van der Waals surface area contributed by atoms with Gasteiger partial charge in [0.2, 0.25) is 5.91 Å². The summed E-state index contributed by atoms with van der Waals surface area (Å²) in [6.07, 6.45) is 3.13. The van der Waals surface area contributed by atoms with E-state index >= 15 is 0 Å². The predicted octanol–water partition coefficient (Wildman–Crippen LogP) is -0.243. The van der Waals surface area contributed by atoms with Crippen LogP contribution in [0.25, 0.3) is 0 Å². The lowest BCUT2D eigenvalue weighted by Crippen LogP contribution is -2.51. The highest BCUT2D eigenvalue weighted by Crippen LogP contribution is 2.19. The van der Waals surface area contributed by atoms with Crippen LogP contribution in [0.15, 0.2) is 0 Å². The fourth-order valence-electron chi connectivity index (χ4n) is 3.04. The van der Waals surface area contributed by atoms with Crippen LogP contribution in [0.3, 0.4) is 0 Å². The van der Waals surface area contributed by atoms with E-state index in [1.165, 1.54) is 0 Å². The van der Waals surface area contributed by atoms with Gasteiger partial charge in [0.15, 0.2) is 0 Å². The topological polar surface area (TPSA) is 87.9 Å². The fraction of sp³-hybridized carbons (Fsp3) is 0.857. The zero-order valence-electron chi connectivity index (χ0n) is 12.7. The molecule has 2 heterocycles. The molecule has 2 aliphatic heterocycles. The number of nitrogens with one attached hydrogen (secondary N) is 1. The molecule has 0 aromatic carbocycles. The molecule has 0 aliphatic carbocycles. The van der Waals surface area contributed by atoms with E-state index in [2.05, 4.69) is 5.32 Å². The molecule has 2 rings (SSSR count). The summed E-state index contributed by atoms with van der Waals surface area (Å²) >= 11 is 0. The second-order valence-electron chi connectivity index (χ2n) is 5.72. The van der Waals surface area contributed by atoms with Gasteiger partial charge in [-0.25, -0.2) is 4.79 Å². The molecule has 0 radical (unpaired) electrons. The normalized spacial score (nSPS) is 21.5. The van der Waals surface area contributed by atoms with Crippen LogP contribution >= 0.6 is 0 Å². The smallest absolute Gasteiger partial charge is 0.317 e. The summed E-state index contributed by atoms with van der Waals surface area (Å²) in [5, 5.41) is 2.82. The molecule has 7 heteroatoms. The SMILES string of the molecule is COCCCC(N)C(=O)N1CCC(N2CCNC2=O)CC1. The first kappa shape index (κ1) is 16.0. The summed E-state index contributed by atoms with van der Waals surface area (Å²) in [4.78, 5) is 27.6. The van der Waals surface area contributed by atoms with Crippen molar-refractivity contribution >= 4 is 11.9 Å². The van der Waals surface area contributed by atoms with Crippen molar-refractivity contribution in [1.29, 1.82) is 0 Å². The number of amides is 3.